The maximum atomic E-state index is 13.0. The number of nitrogens with zero attached hydrogens (tertiary/aromatic N) is 2. The summed E-state index contributed by atoms with van der Waals surface area (Å²) in [6.45, 7) is 7.48. The summed E-state index contributed by atoms with van der Waals surface area (Å²) in [5, 5.41) is 3.41. The first kappa shape index (κ1) is 20.1. The maximum absolute atomic E-state index is 13.0. The van der Waals surface area contributed by atoms with E-state index < -0.39 is 0 Å². The van der Waals surface area contributed by atoms with Crippen LogP contribution in [0.4, 0.5) is 4.39 Å². The summed E-state index contributed by atoms with van der Waals surface area (Å²) in [6.07, 6.45) is 2.92. The third-order valence-electron chi connectivity index (χ3n) is 5.19. The quantitative estimate of drug-likeness (QED) is 0.889. The molecule has 4 nitrogen and oxygen atoms in total. The second-order valence-electron chi connectivity index (χ2n) is 7.16. The zero-order valence-electron chi connectivity index (χ0n) is 14.9. The number of piperidine rings is 1. The van der Waals surface area contributed by atoms with Gasteiger partial charge in [-0.15, -0.1) is 12.4 Å². The molecular formula is C19H29ClFN3O. The van der Waals surface area contributed by atoms with Gasteiger partial charge in [-0.1, -0.05) is 12.1 Å². The van der Waals surface area contributed by atoms with Gasteiger partial charge in [-0.25, -0.2) is 4.39 Å². The Morgan fingerprint density at radius 2 is 1.96 bits per heavy atom. The van der Waals surface area contributed by atoms with Crippen molar-refractivity contribution in [2.75, 3.05) is 32.7 Å². The highest BCUT2D eigenvalue weighted by atomic mass is 35.5. The van der Waals surface area contributed by atoms with Crippen molar-refractivity contribution >= 4 is 18.3 Å². The molecule has 2 heterocycles. The lowest BCUT2D eigenvalue weighted by Gasteiger charge is -2.31. The second kappa shape index (κ2) is 9.51. The van der Waals surface area contributed by atoms with Crippen LogP contribution in [0.5, 0.6) is 0 Å². The summed E-state index contributed by atoms with van der Waals surface area (Å²) in [6, 6.07) is 7.16. The molecule has 1 amide bonds. The van der Waals surface area contributed by atoms with Crippen LogP contribution in [0.25, 0.3) is 0 Å². The first-order chi connectivity index (χ1) is 11.6. The van der Waals surface area contributed by atoms with Gasteiger partial charge in [0.05, 0.1) is 0 Å². The van der Waals surface area contributed by atoms with E-state index in [0.717, 1.165) is 64.1 Å². The first-order valence-corrected chi connectivity index (χ1v) is 9.11. The Morgan fingerprint density at radius 3 is 2.68 bits per heavy atom. The van der Waals surface area contributed by atoms with Crippen molar-refractivity contribution in [3.05, 3.63) is 35.6 Å². The smallest absolute Gasteiger partial charge is 0.225 e. The molecule has 1 N–H and O–H groups in total. The van der Waals surface area contributed by atoms with Gasteiger partial charge < -0.3 is 10.2 Å². The number of hydrogen-bond donors (Lipinski definition) is 1. The summed E-state index contributed by atoms with van der Waals surface area (Å²) in [5.74, 6) is 0.333. The molecule has 0 saturated carbocycles. The molecule has 0 bridgehead atoms. The standard InChI is InChI=1S/C19H28FN3O.ClH/c1-15-13-17(7-8-21-15)19(24)23-10-2-9-22(11-12-23)14-16-3-5-18(20)6-4-16;/h3-6,15,17,21H,2,7-14H2,1H3;1H/t15-,17-;/m0./s1. The number of rotatable bonds is 3. The maximum Gasteiger partial charge on any atom is 0.225 e. The van der Waals surface area contributed by atoms with Crippen LogP contribution in [0.1, 0.15) is 31.7 Å². The number of benzene rings is 1. The van der Waals surface area contributed by atoms with Gasteiger partial charge in [-0.05, 0) is 50.4 Å². The largest absolute Gasteiger partial charge is 0.341 e. The monoisotopic (exact) mass is 369 g/mol. The molecule has 2 aliphatic heterocycles. The Bertz CT molecular complexity index is 554. The lowest BCUT2D eigenvalue weighted by molar-refractivity contribution is -0.136. The Balaban J connectivity index is 0.00000225. The number of nitrogens with one attached hydrogen (secondary N) is 1. The molecule has 0 spiro atoms. The molecule has 0 unspecified atom stereocenters. The van der Waals surface area contributed by atoms with Gasteiger partial charge in [0.15, 0.2) is 0 Å². The number of carbonyl (C=O) groups is 1. The van der Waals surface area contributed by atoms with Crippen LogP contribution in [0.2, 0.25) is 0 Å². The molecule has 25 heavy (non-hydrogen) atoms. The Hall–Kier alpha value is -1.17. The highest BCUT2D eigenvalue weighted by molar-refractivity contribution is 5.85. The number of amides is 1. The lowest BCUT2D eigenvalue weighted by Crippen LogP contribution is -2.45. The Morgan fingerprint density at radius 1 is 1.20 bits per heavy atom. The summed E-state index contributed by atoms with van der Waals surface area (Å²) in [4.78, 5) is 17.2. The van der Waals surface area contributed by atoms with Gasteiger partial charge in [-0.3, -0.25) is 9.69 Å². The summed E-state index contributed by atoms with van der Waals surface area (Å²) in [5.41, 5.74) is 1.13. The predicted octanol–water partition coefficient (Wildman–Crippen LogP) is 2.67. The van der Waals surface area contributed by atoms with Crippen LogP contribution in [0, 0.1) is 11.7 Å². The fraction of sp³-hybridized carbons (Fsp3) is 0.632. The molecule has 0 aromatic heterocycles. The van der Waals surface area contributed by atoms with Crippen LogP contribution in [-0.2, 0) is 11.3 Å². The average Bonchev–Trinajstić information content (AvgIpc) is 2.82. The van der Waals surface area contributed by atoms with Crippen molar-refractivity contribution in [2.45, 2.75) is 38.8 Å². The van der Waals surface area contributed by atoms with E-state index in [-0.39, 0.29) is 24.1 Å². The molecular weight excluding hydrogens is 341 g/mol. The van der Waals surface area contributed by atoms with E-state index in [0.29, 0.717) is 11.9 Å². The van der Waals surface area contributed by atoms with E-state index in [2.05, 4.69) is 22.0 Å². The van der Waals surface area contributed by atoms with Crippen molar-refractivity contribution in [3.63, 3.8) is 0 Å². The van der Waals surface area contributed by atoms with E-state index in [1.165, 1.54) is 12.1 Å². The van der Waals surface area contributed by atoms with Crippen molar-refractivity contribution in [2.24, 2.45) is 5.92 Å². The van der Waals surface area contributed by atoms with E-state index in [1.807, 2.05) is 12.1 Å². The van der Waals surface area contributed by atoms with Crippen molar-refractivity contribution < 1.29 is 9.18 Å². The van der Waals surface area contributed by atoms with E-state index in [1.54, 1.807) is 0 Å². The zero-order valence-corrected chi connectivity index (χ0v) is 15.7. The lowest BCUT2D eigenvalue weighted by atomic mass is 9.92. The highest BCUT2D eigenvalue weighted by Gasteiger charge is 2.29. The molecule has 2 fully saturated rings. The summed E-state index contributed by atoms with van der Waals surface area (Å²) in [7, 11) is 0. The Labute approximate surface area is 156 Å². The van der Waals surface area contributed by atoms with Gasteiger partial charge in [0, 0.05) is 44.7 Å². The molecule has 0 aliphatic carbocycles. The minimum absolute atomic E-state index is 0. The highest BCUT2D eigenvalue weighted by Crippen LogP contribution is 2.20. The van der Waals surface area contributed by atoms with Crippen LogP contribution in [-0.4, -0.2) is 54.5 Å². The summed E-state index contributed by atoms with van der Waals surface area (Å²) < 4.78 is 13.0. The minimum Gasteiger partial charge on any atom is -0.341 e. The topological polar surface area (TPSA) is 35.6 Å². The van der Waals surface area contributed by atoms with Crippen molar-refractivity contribution in [3.8, 4) is 0 Å². The minimum atomic E-state index is -0.192. The van der Waals surface area contributed by atoms with Crippen LogP contribution in [0.3, 0.4) is 0 Å². The van der Waals surface area contributed by atoms with Gasteiger partial charge in [0.25, 0.3) is 0 Å². The van der Waals surface area contributed by atoms with Crippen LogP contribution in [0.15, 0.2) is 24.3 Å². The van der Waals surface area contributed by atoms with Crippen LogP contribution >= 0.6 is 12.4 Å². The molecule has 3 rings (SSSR count). The zero-order chi connectivity index (χ0) is 16.9. The normalized spacial score (nSPS) is 25.1. The Kier molecular flexibility index (Phi) is 7.66. The second-order valence-corrected chi connectivity index (χ2v) is 7.16. The SMILES string of the molecule is C[C@H]1C[C@@H](C(=O)N2CCCN(Cc3ccc(F)cc3)CC2)CCN1.Cl. The fourth-order valence-electron chi connectivity index (χ4n) is 3.81. The van der Waals surface area contributed by atoms with Gasteiger partial charge in [0.1, 0.15) is 5.82 Å². The van der Waals surface area contributed by atoms with Crippen molar-refractivity contribution in [1.29, 1.82) is 0 Å². The molecule has 2 atom stereocenters. The molecule has 0 radical (unpaired) electrons. The third-order valence-corrected chi connectivity index (χ3v) is 5.19. The number of carbonyl (C=O) groups excluding carboxylic acids is 1. The van der Waals surface area contributed by atoms with Gasteiger partial charge in [0.2, 0.25) is 5.91 Å². The van der Waals surface area contributed by atoms with E-state index in [4.69, 9.17) is 0 Å². The van der Waals surface area contributed by atoms with Gasteiger partial charge >= 0.3 is 0 Å². The molecule has 2 aliphatic rings. The van der Waals surface area contributed by atoms with Gasteiger partial charge in [-0.2, -0.15) is 0 Å². The molecule has 1 aromatic rings. The molecule has 2 saturated heterocycles. The van der Waals surface area contributed by atoms with Crippen LogP contribution < -0.4 is 5.32 Å². The van der Waals surface area contributed by atoms with Crippen molar-refractivity contribution in [1.82, 2.24) is 15.1 Å². The molecule has 140 valence electrons. The first-order valence-electron chi connectivity index (χ1n) is 9.11. The number of hydrogen-bond acceptors (Lipinski definition) is 3. The molecule has 1 aromatic carbocycles. The summed E-state index contributed by atoms with van der Waals surface area (Å²) >= 11 is 0. The van der Waals surface area contributed by atoms with E-state index in [9.17, 15) is 9.18 Å². The number of halogens is 2. The average molecular weight is 370 g/mol. The molecule has 6 heteroatoms. The predicted molar refractivity (Wildman–Crippen MR) is 100 cm³/mol. The van der Waals surface area contributed by atoms with E-state index >= 15 is 0 Å². The fourth-order valence-corrected chi connectivity index (χ4v) is 3.81. The third kappa shape index (κ3) is 5.66.